The molecule has 0 heterocycles. The molecule has 0 aliphatic rings. The molecule has 1 rings (SSSR count). The first kappa shape index (κ1) is 11.1. The lowest BCUT2D eigenvalue weighted by atomic mass is 10.3. The fraction of sp³-hybridized carbons (Fsp3) is 0.143. The number of phenols is 1. The second-order valence-corrected chi connectivity index (χ2v) is 2.49. The van der Waals surface area contributed by atoms with E-state index in [0.717, 1.165) is 0 Å². The first-order chi connectivity index (χ1) is 6.78. The van der Waals surface area contributed by atoms with Crippen molar-refractivity contribution in [1.29, 1.82) is 0 Å². The van der Waals surface area contributed by atoms with Crippen LogP contribution < -0.4 is 4.74 Å². The molecule has 0 aromatic heterocycles. The molecule has 0 aliphatic heterocycles. The van der Waals surface area contributed by atoms with Crippen LogP contribution in [0.5, 0.6) is 11.5 Å². The van der Waals surface area contributed by atoms with Crippen molar-refractivity contribution in [2.75, 3.05) is 0 Å². The summed E-state index contributed by atoms with van der Waals surface area (Å²) in [5, 5.41) is 19.1. The van der Waals surface area contributed by atoms with Crippen LogP contribution in [0.3, 0.4) is 0 Å². The van der Waals surface area contributed by atoms with E-state index in [-0.39, 0.29) is 0 Å². The van der Waals surface area contributed by atoms with Gasteiger partial charge in [0.05, 0.1) is 17.1 Å². The van der Waals surface area contributed by atoms with E-state index in [9.17, 15) is 23.3 Å². The highest BCUT2D eigenvalue weighted by Crippen LogP contribution is 2.30. The molecular weight excluding hydrogens is 219 g/mol. The second-order valence-electron chi connectivity index (χ2n) is 2.49. The molecule has 8 heteroatoms. The Hall–Kier alpha value is -1.99. The van der Waals surface area contributed by atoms with Gasteiger partial charge in [-0.15, -0.1) is 13.2 Å². The van der Waals surface area contributed by atoms with Gasteiger partial charge in [-0.3, -0.25) is 10.1 Å². The Kier molecular flexibility index (Phi) is 2.69. The molecule has 0 radical (unpaired) electrons. The minimum absolute atomic E-state index is 0.563. The van der Waals surface area contributed by atoms with E-state index in [1.807, 2.05) is 0 Å². The van der Waals surface area contributed by atoms with Crippen LogP contribution in [0.15, 0.2) is 18.2 Å². The predicted molar refractivity (Wildman–Crippen MR) is 41.4 cm³/mol. The smallest absolute Gasteiger partial charge is 0.508 e. The molecule has 0 fully saturated rings. The molecule has 0 bridgehead atoms. The van der Waals surface area contributed by atoms with E-state index in [4.69, 9.17) is 5.11 Å². The zero-order valence-electron chi connectivity index (χ0n) is 6.99. The van der Waals surface area contributed by atoms with Crippen LogP contribution in [0.1, 0.15) is 0 Å². The van der Waals surface area contributed by atoms with Gasteiger partial charge >= 0.3 is 6.36 Å². The number of aromatic hydroxyl groups is 1. The molecule has 0 aliphatic carbocycles. The average molecular weight is 223 g/mol. The second kappa shape index (κ2) is 3.64. The topological polar surface area (TPSA) is 72.6 Å². The molecule has 0 amide bonds. The molecule has 0 saturated carbocycles. The third-order valence-corrected chi connectivity index (χ3v) is 1.32. The Morgan fingerprint density at radius 1 is 1.33 bits per heavy atom. The number of hydrogen-bond donors (Lipinski definition) is 1. The van der Waals surface area contributed by atoms with Crippen LogP contribution in [0.25, 0.3) is 0 Å². The highest BCUT2D eigenvalue weighted by molar-refractivity contribution is 5.45. The number of rotatable bonds is 2. The molecule has 1 N–H and O–H groups in total. The van der Waals surface area contributed by atoms with Gasteiger partial charge in [0.25, 0.3) is 5.69 Å². The van der Waals surface area contributed by atoms with Crippen molar-refractivity contribution in [2.45, 2.75) is 6.36 Å². The molecule has 0 unspecified atom stereocenters. The summed E-state index contributed by atoms with van der Waals surface area (Å²) in [6.07, 6.45) is -4.96. The molecule has 0 saturated heterocycles. The lowest BCUT2D eigenvalue weighted by Gasteiger charge is -2.08. The quantitative estimate of drug-likeness (QED) is 0.616. The van der Waals surface area contributed by atoms with E-state index in [1.165, 1.54) is 0 Å². The molecule has 1 aromatic rings. The van der Waals surface area contributed by atoms with Gasteiger partial charge in [0, 0.05) is 6.07 Å². The summed E-state index contributed by atoms with van der Waals surface area (Å²) in [5.74, 6) is -1.52. The van der Waals surface area contributed by atoms with Crippen LogP contribution in [0.4, 0.5) is 18.9 Å². The first-order valence-electron chi connectivity index (χ1n) is 3.52. The normalized spacial score (nSPS) is 11.1. The summed E-state index contributed by atoms with van der Waals surface area (Å²) < 4.78 is 38.6. The number of alkyl halides is 3. The number of halogens is 3. The van der Waals surface area contributed by atoms with Crippen LogP contribution in [0.2, 0.25) is 0 Å². The fourth-order valence-electron chi connectivity index (χ4n) is 0.866. The Bertz CT molecular complexity index is 390. The number of benzene rings is 1. The van der Waals surface area contributed by atoms with Gasteiger partial charge in [-0.25, -0.2) is 0 Å². The third kappa shape index (κ3) is 3.33. The van der Waals surface area contributed by atoms with Crippen molar-refractivity contribution in [2.24, 2.45) is 0 Å². The van der Waals surface area contributed by atoms with E-state index < -0.39 is 28.5 Å². The van der Waals surface area contributed by atoms with E-state index in [2.05, 4.69) is 4.74 Å². The molecule has 15 heavy (non-hydrogen) atoms. The maximum absolute atomic E-state index is 11.7. The molecule has 82 valence electrons. The van der Waals surface area contributed by atoms with Gasteiger partial charge < -0.3 is 9.84 Å². The third-order valence-electron chi connectivity index (χ3n) is 1.32. The standard InChI is InChI=1S/C7H4F3NO4/c8-7(9,10)15-6-2-4(11(13)14)1-5(12)3-6/h1-3,12H. The first-order valence-corrected chi connectivity index (χ1v) is 3.52. The van der Waals surface area contributed by atoms with Crippen molar-refractivity contribution < 1.29 is 27.9 Å². The molecule has 5 nitrogen and oxygen atoms in total. The highest BCUT2D eigenvalue weighted by atomic mass is 19.4. The van der Waals surface area contributed by atoms with Crippen LogP contribution >= 0.6 is 0 Å². The predicted octanol–water partition coefficient (Wildman–Crippen LogP) is 2.20. The summed E-state index contributed by atoms with van der Waals surface area (Å²) in [5.41, 5.74) is -0.686. The van der Waals surface area contributed by atoms with Crippen molar-refractivity contribution in [3.8, 4) is 11.5 Å². The zero-order valence-corrected chi connectivity index (χ0v) is 6.99. The van der Waals surface area contributed by atoms with Gasteiger partial charge in [-0.2, -0.15) is 0 Å². The highest BCUT2D eigenvalue weighted by Gasteiger charge is 2.31. The van der Waals surface area contributed by atoms with Gasteiger partial charge in [-0.05, 0) is 0 Å². The van der Waals surface area contributed by atoms with E-state index in [1.54, 1.807) is 0 Å². The monoisotopic (exact) mass is 223 g/mol. The molecule has 0 spiro atoms. The number of nitro benzene ring substituents is 1. The zero-order chi connectivity index (χ0) is 11.6. The maximum Gasteiger partial charge on any atom is 0.573 e. The number of phenolic OH excluding ortho intramolecular Hbond substituents is 1. The van der Waals surface area contributed by atoms with E-state index in [0.29, 0.717) is 18.2 Å². The minimum atomic E-state index is -4.96. The SMILES string of the molecule is O=[N+]([O-])c1cc(O)cc(OC(F)(F)F)c1. The number of ether oxygens (including phenoxy) is 1. The molecule has 1 aromatic carbocycles. The number of non-ortho nitro benzene ring substituents is 1. The lowest BCUT2D eigenvalue weighted by molar-refractivity contribution is -0.385. The summed E-state index contributed by atoms with van der Waals surface area (Å²) in [4.78, 5) is 9.29. The van der Waals surface area contributed by atoms with Gasteiger partial charge in [-0.1, -0.05) is 0 Å². The van der Waals surface area contributed by atoms with Crippen LogP contribution in [-0.4, -0.2) is 16.4 Å². The van der Waals surface area contributed by atoms with Crippen LogP contribution in [-0.2, 0) is 0 Å². The van der Waals surface area contributed by atoms with Crippen molar-refractivity contribution in [3.05, 3.63) is 28.3 Å². The fourth-order valence-corrected chi connectivity index (χ4v) is 0.866. The Morgan fingerprint density at radius 3 is 2.40 bits per heavy atom. The lowest BCUT2D eigenvalue weighted by Crippen LogP contribution is -2.17. The summed E-state index contributed by atoms with van der Waals surface area (Å²) in [6, 6.07) is 1.90. The largest absolute Gasteiger partial charge is 0.573 e. The summed E-state index contributed by atoms with van der Waals surface area (Å²) in [6.45, 7) is 0. The average Bonchev–Trinajstić information content (AvgIpc) is 1.99. The summed E-state index contributed by atoms with van der Waals surface area (Å²) in [7, 11) is 0. The maximum atomic E-state index is 11.7. The van der Waals surface area contributed by atoms with Gasteiger partial charge in [0.1, 0.15) is 11.5 Å². The minimum Gasteiger partial charge on any atom is -0.508 e. The Balaban J connectivity index is 3.04. The van der Waals surface area contributed by atoms with Crippen LogP contribution in [0, 0.1) is 10.1 Å². The molecule has 0 atom stereocenters. The Morgan fingerprint density at radius 2 is 1.93 bits per heavy atom. The van der Waals surface area contributed by atoms with Crippen molar-refractivity contribution >= 4 is 5.69 Å². The Labute approximate surface area is 80.9 Å². The number of hydrogen-bond acceptors (Lipinski definition) is 4. The van der Waals surface area contributed by atoms with Crippen molar-refractivity contribution in [3.63, 3.8) is 0 Å². The summed E-state index contributed by atoms with van der Waals surface area (Å²) >= 11 is 0. The molecular formula is C7H4F3NO4. The van der Waals surface area contributed by atoms with Crippen molar-refractivity contribution in [1.82, 2.24) is 0 Å². The van der Waals surface area contributed by atoms with Gasteiger partial charge in [0.15, 0.2) is 0 Å². The van der Waals surface area contributed by atoms with Gasteiger partial charge in [0.2, 0.25) is 0 Å². The van der Waals surface area contributed by atoms with E-state index >= 15 is 0 Å². The number of nitrogens with zero attached hydrogens (tertiary/aromatic N) is 1. The number of nitro groups is 1.